The molecule has 0 saturated heterocycles. The Labute approximate surface area is 87.2 Å². The lowest BCUT2D eigenvalue weighted by molar-refractivity contribution is 0.519. The molecule has 1 aliphatic heterocycles. The molecule has 1 aliphatic rings. The predicted octanol–water partition coefficient (Wildman–Crippen LogP) is 2.37. The first-order valence-corrected chi connectivity index (χ1v) is 4.97. The van der Waals surface area contributed by atoms with Crippen molar-refractivity contribution < 1.29 is 0 Å². The molecule has 2 N–H and O–H groups in total. The van der Waals surface area contributed by atoms with Crippen LogP contribution in [0.15, 0.2) is 10.7 Å². The summed E-state index contributed by atoms with van der Waals surface area (Å²) in [6.07, 6.45) is 0. The van der Waals surface area contributed by atoms with Crippen molar-refractivity contribution >= 4 is 34.8 Å². The molecule has 0 saturated carbocycles. The molecule has 1 heterocycles. The Morgan fingerprint density at radius 3 is 2.33 bits per heavy atom. The summed E-state index contributed by atoms with van der Waals surface area (Å²) in [4.78, 5) is 0. The fraction of sp³-hybridized carbons (Fsp3) is 0.714. The van der Waals surface area contributed by atoms with E-state index in [1.165, 1.54) is 0 Å². The molecule has 2 unspecified atom stereocenters. The van der Waals surface area contributed by atoms with Gasteiger partial charge in [0.05, 0.1) is 0 Å². The molecule has 0 aliphatic carbocycles. The highest BCUT2D eigenvalue weighted by Crippen LogP contribution is 2.26. The Balaban J connectivity index is 2.85. The van der Waals surface area contributed by atoms with Crippen LogP contribution in [0.2, 0.25) is 0 Å². The number of hydrogen-bond acceptors (Lipinski definition) is 2. The molecule has 5 heteroatoms. The van der Waals surface area contributed by atoms with Gasteiger partial charge < -0.3 is 5.32 Å². The Bertz CT molecular complexity index is 203. The monoisotopic (exact) mass is 228 g/mol. The third-order valence-electron chi connectivity index (χ3n) is 1.69. The Hall–Kier alpha value is 0.370. The van der Waals surface area contributed by atoms with Crippen LogP contribution >= 0.6 is 34.8 Å². The predicted molar refractivity (Wildman–Crippen MR) is 53.3 cm³/mol. The summed E-state index contributed by atoms with van der Waals surface area (Å²) in [6, 6.07) is 0. The lowest BCUT2D eigenvalue weighted by Gasteiger charge is -2.29. The maximum absolute atomic E-state index is 5.99. The first-order valence-electron chi connectivity index (χ1n) is 3.72. The van der Waals surface area contributed by atoms with E-state index >= 15 is 0 Å². The second kappa shape index (κ2) is 4.05. The smallest absolute Gasteiger partial charge is 0.157 e. The zero-order chi connectivity index (χ0) is 9.30. The van der Waals surface area contributed by atoms with Crippen LogP contribution in [0.1, 0.15) is 13.8 Å². The number of nitrogens with one attached hydrogen (secondary N) is 2. The zero-order valence-corrected chi connectivity index (χ0v) is 9.13. The summed E-state index contributed by atoms with van der Waals surface area (Å²) in [5, 5.41) is 6.33. The molecule has 70 valence electrons. The SMILES string of the molecule is CC(C)C1=C(Cl)NC(Cl)NC1Cl. The van der Waals surface area contributed by atoms with E-state index in [1.54, 1.807) is 0 Å². The lowest BCUT2D eigenvalue weighted by atomic mass is 10.0. The normalized spacial score (nSPS) is 30.8. The lowest BCUT2D eigenvalue weighted by Crippen LogP contribution is -2.47. The third-order valence-corrected chi connectivity index (χ3v) is 2.62. The van der Waals surface area contributed by atoms with Crippen molar-refractivity contribution in [3.05, 3.63) is 10.7 Å². The van der Waals surface area contributed by atoms with Crippen molar-refractivity contribution in [3.8, 4) is 0 Å². The van der Waals surface area contributed by atoms with E-state index in [0.717, 1.165) is 5.57 Å². The van der Waals surface area contributed by atoms with E-state index in [0.29, 0.717) is 11.1 Å². The minimum absolute atomic E-state index is 0.277. The van der Waals surface area contributed by atoms with E-state index in [4.69, 9.17) is 34.8 Å². The minimum atomic E-state index is -0.387. The first-order chi connectivity index (χ1) is 5.52. The van der Waals surface area contributed by atoms with Crippen LogP contribution in [0.3, 0.4) is 0 Å². The number of halogens is 3. The van der Waals surface area contributed by atoms with Crippen molar-refractivity contribution in [2.75, 3.05) is 0 Å². The third kappa shape index (κ3) is 2.19. The Kier molecular flexibility index (Phi) is 3.53. The maximum atomic E-state index is 5.99. The van der Waals surface area contributed by atoms with Crippen LogP contribution < -0.4 is 10.6 Å². The van der Waals surface area contributed by atoms with E-state index < -0.39 is 0 Å². The zero-order valence-electron chi connectivity index (χ0n) is 6.87. The molecule has 0 aromatic rings. The van der Waals surface area contributed by atoms with Crippen LogP contribution in [0.25, 0.3) is 0 Å². The van der Waals surface area contributed by atoms with Crippen molar-refractivity contribution in [1.29, 1.82) is 0 Å². The largest absolute Gasteiger partial charge is 0.348 e. The van der Waals surface area contributed by atoms with Gasteiger partial charge in [-0.15, -0.1) is 11.6 Å². The van der Waals surface area contributed by atoms with E-state index in [-0.39, 0.29) is 11.1 Å². The van der Waals surface area contributed by atoms with Gasteiger partial charge in [0, 0.05) is 0 Å². The van der Waals surface area contributed by atoms with Crippen LogP contribution in [0, 0.1) is 5.92 Å². The van der Waals surface area contributed by atoms with Gasteiger partial charge in [0.25, 0.3) is 0 Å². The van der Waals surface area contributed by atoms with Crippen LogP contribution in [0.5, 0.6) is 0 Å². The van der Waals surface area contributed by atoms with Gasteiger partial charge in [-0.25, -0.2) is 0 Å². The molecule has 0 aromatic heterocycles. The molecular weight excluding hydrogens is 218 g/mol. The van der Waals surface area contributed by atoms with Crippen LogP contribution in [0.4, 0.5) is 0 Å². The fourth-order valence-corrected chi connectivity index (χ4v) is 2.45. The molecule has 2 atom stereocenters. The summed E-state index contributed by atoms with van der Waals surface area (Å²) >= 11 is 17.7. The molecule has 0 aromatic carbocycles. The second-order valence-electron chi connectivity index (χ2n) is 2.96. The highest BCUT2D eigenvalue weighted by molar-refractivity contribution is 6.32. The molecule has 0 bridgehead atoms. The summed E-state index contributed by atoms with van der Waals surface area (Å²) in [7, 11) is 0. The molecule has 1 rings (SSSR count). The average molecular weight is 230 g/mol. The molecule has 0 radical (unpaired) electrons. The molecule has 0 spiro atoms. The highest BCUT2D eigenvalue weighted by atomic mass is 35.5. The van der Waals surface area contributed by atoms with Crippen LogP contribution in [-0.4, -0.2) is 11.1 Å². The van der Waals surface area contributed by atoms with Gasteiger partial charge in [0.2, 0.25) is 0 Å². The van der Waals surface area contributed by atoms with Gasteiger partial charge in [-0.1, -0.05) is 37.0 Å². The Morgan fingerprint density at radius 1 is 1.33 bits per heavy atom. The molecule has 12 heavy (non-hydrogen) atoms. The molecule has 0 fully saturated rings. The van der Waals surface area contributed by atoms with Crippen molar-refractivity contribution in [2.45, 2.75) is 25.0 Å². The standard InChI is InChI=1S/C7H11Cl3N2/c1-3(2)4-5(8)11-7(10)12-6(4)9/h3,5,7,11-12H,1-2H3. The van der Waals surface area contributed by atoms with E-state index in [9.17, 15) is 0 Å². The van der Waals surface area contributed by atoms with E-state index in [2.05, 4.69) is 10.6 Å². The van der Waals surface area contributed by atoms with Gasteiger partial charge in [0.15, 0.2) is 5.62 Å². The summed E-state index contributed by atoms with van der Waals surface area (Å²) in [6.45, 7) is 4.07. The van der Waals surface area contributed by atoms with Gasteiger partial charge in [-0.2, -0.15) is 0 Å². The molecule has 0 amide bonds. The quantitative estimate of drug-likeness (QED) is 0.533. The van der Waals surface area contributed by atoms with Crippen LogP contribution in [-0.2, 0) is 0 Å². The van der Waals surface area contributed by atoms with Crippen molar-refractivity contribution in [1.82, 2.24) is 10.6 Å². The van der Waals surface area contributed by atoms with Gasteiger partial charge >= 0.3 is 0 Å². The summed E-state index contributed by atoms with van der Waals surface area (Å²) in [5.41, 5.74) is 0.291. The Morgan fingerprint density at radius 2 is 1.92 bits per heavy atom. The first kappa shape index (κ1) is 10.5. The maximum Gasteiger partial charge on any atom is 0.157 e. The van der Waals surface area contributed by atoms with Crippen molar-refractivity contribution in [3.63, 3.8) is 0 Å². The van der Waals surface area contributed by atoms with Gasteiger partial charge in [0.1, 0.15) is 10.7 Å². The number of rotatable bonds is 1. The average Bonchev–Trinajstić information content (AvgIpc) is 1.82. The van der Waals surface area contributed by atoms with Gasteiger partial charge in [-0.05, 0) is 11.5 Å². The van der Waals surface area contributed by atoms with E-state index in [1.807, 2.05) is 13.8 Å². The second-order valence-corrected chi connectivity index (χ2v) is 4.21. The highest BCUT2D eigenvalue weighted by Gasteiger charge is 2.26. The fourth-order valence-electron chi connectivity index (χ4n) is 1.11. The summed E-state index contributed by atoms with van der Waals surface area (Å²) in [5.74, 6) is 0.309. The minimum Gasteiger partial charge on any atom is -0.348 e. The topological polar surface area (TPSA) is 24.1 Å². The van der Waals surface area contributed by atoms with Crippen molar-refractivity contribution in [2.24, 2.45) is 5.92 Å². The summed E-state index contributed by atoms with van der Waals surface area (Å²) < 4.78 is 0. The van der Waals surface area contributed by atoms with Gasteiger partial charge in [-0.3, -0.25) is 5.32 Å². The molecular formula is C7H11Cl3N2. The molecule has 2 nitrogen and oxygen atoms in total. The number of alkyl halides is 2. The number of hydrogen-bond donors (Lipinski definition) is 2.